The van der Waals surface area contributed by atoms with Crippen LogP contribution in [-0.4, -0.2) is 9.13 Å². The van der Waals surface area contributed by atoms with Gasteiger partial charge in [-0.05, 0) is 108 Å². The number of hydrogen-bond donors (Lipinski definition) is 0. The standard InChI is InChI=1S/C59H37F6N3/c1-35-20-24-37(25-21-35)39-28-30-51-45(32-39)42-11-3-5-16-49(42)67(51)53-18-7-10-41(34-66)55(53)57-44(56-47(58(60,61)62)14-9-15-48(56)59(63,64)65)13-8-19-54(57)68-50-17-6-4-12-43(50)46-33-40(29-31-52(46)68)38-26-22-36(2)23-27-38/h3-33H,1-2H3. The molecule has 3 nitrogen and oxygen atoms in total. The fourth-order valence-corrected chi connectivity index (χ4v) is 9.91. The summed E-state index contributed by atoms with van der Waals surface area (Å²) in [6, 6.07) is 57.6. The second-order valence-corrected chi connectivity index (χ2v) is 17.1. The quantitative estimate of drug-likeness (QED) is 0.153. The molecule has 2 heterocycles. The first-order valence-corrected chi connectivity index (χ1v) is 22.0. The number of rotatable bonds is 6. The number of alkyl halides is 6. The summed E-state index contributed by atoms with van der Waals surface area (Å²) in [6.07, 6.45) is -10.4. The van der Waals surface area contributed by atoms with Crippen LogP contribution in [0.3, 0.4) is 0 Å². The molecule has 0 aliphatic carbocycles. The second kappa shape index (κ2) is 15.9. The average Bonchev–Trinajstić information content (AvgIpc) is 3.85. The summed E-state index contributed by atoms with van der Waals surface area (Å²) in [6.45, 7) is 4.03. The molecule has 9 aromatic carbocycles. The van der Waals surface area contributed by atoms with E-state index in [1.807, 2.05) is 132 Å². The number of nitrogens with zero attached hydrogens (tertiary/aromatic N) is 3. The van der Waals surface area contributed by atoms with Gasteiger partial charge in [-0.3, -0.25) is 0 Å². The van der Waals surface area contributed by atoms with E-state index in [4.69, 9.17) is 0 Å². The van der Waals surface area contributed by atoms with Gasteiger partial charge in [0.1, 0.15) is 0 Å². The first-order chi connectivity index (χ1) is 32.8. The van der Waals surface area contributed by atoms with Crippen molar-refractivity contribution in [3.63, 3.8) is 0 Å². The van der Waals surface area contributed by atoms with E-state index in [1.54, 1.807) is 24.3 Å². The zero-order valence-electron chi connectivity index (χ0n) is 36.5. The van der Waals surface area contributed by atoms with Crippen molar-refractivity contribution in [1.29, 1.82) is 5.26 Å². The first kappa shape index (κ1) is 42.3. The summed E-state index contributed by atoms with van der Waals surface area (Å²) < 4.78 is 96.1. The number of benzene rings is 9. The van der Waals surface area contributed by atoms with E-state index in [0.717, 1.165) is 72.0 Å². The summed E-state index contributed by atoms with van der Waals surface area (Å²) in [5.41, 5.74) is 5.52. The van der Waals surface area contributed by atoms with E-state index in [2.05, 4.69) is 30.3 Å². The number of halogens is 6. The van der Waals surface area contributed by atoms with Crippen molar-refractivity contribution < 1.29 is 26.3 Å². The number of aromatic nitrogens is 2. The summed E-state index contributed by atoms with van der Waals surface area (Å²) in [7, 11) is 0. The molecule has 68 heavy (non-hydrogen) atoms. The zero-order chi connectivity index (χ0) is 47.1. The van der Waals surface area contributed by atoms with Crippen molar-refractivity contribution >= 4 is 43.6 Å². The highest BCUT2D eigenvalue weighted by Crippen LogP contribution is 2.51. The topological polar surface area (TPSA) is 33.6 Å². The molecule has 0 aliphatic heterocycles. The Bertz CT molecular complexity index is 3810. The van der Waals surface area contributed by atoms with Crippen LogP contribution in [0.15, 0.2) is 188 Å². The molecule has 2 aromatic heterocycles. The summed E-state index contributed by atoms with van der Waals surface area (Å²) in [5.74, 6) is 0. The van der Waals surface area contributed by atoms with Crippen molar-refractivity contribution in [2.45, 2.75) is 26.2 Å². The van der Waals surface area contributed by atoms with Gasteiger partial charge < -0.3 is 9.13 Å². The van der Waals surface area contributed by atoms with Gasteiger partial charge in [0.25, 0.3) is 0 Å². The number of hydrogen-bond acceptors (Lipinski definition) is 1. The van der Waals surface area contributed by atoms with Gasteiger partial charge in [-0.15, -0.1) is 0 Å². The highest BCUT2D eigenvalue weighted by Gasteiger charge is 2.42. The van der Waals surface area contributed by atoms with E-state index in [9.17, 15) is 5.26 Å². The number of para-hydroxylation sites is 2. The summed E-state index contributed by atoms with van der Waals surface area (Å²) >= 11 is 0. The lowest BCUT2D eigenvalue weighted by Gasteiger charge is -2.25. The molecule has 11 rings (SSSR count). The van der Waals surface area contributed by atoms with E-state index >= 15 is 26.3 Å². The van der Waals surface area contributed by atoms with E-state index in [1.165, 1.54) is 12.1 Å². The third-order valence-electron chi connectivity index (χ3n) is 13.0. The van der Waals surface area contributed by atoms with Gasteiger partial charge in [0.15, 0.2) is 0 Å². The lowest BCUT2D eigenvalue weighted by atomic mass is 9.85. The largest absolute Gasteiger partial charge is 0.417 e. The molecule has 0 radical (unpaired) electrons. The van der Waals surface area contributed by atoms with Crippen LogP contribution in [0.4, 0.5) is 26.3 Å². The first-order valence-electron chi connectivity index (χ1n) is 22.0. The normalized spacial score (nSPS) is 12.1. The minimum atomic E-state index is -5.19. The molecule has 0 atom stereocenters. The molecule has 9 heteroatoms. The maximum Gasteiger partial charge on any atom is 0.417 e. The molecule has 0 N–H and O–H groups in total. The smallest absolute Gasteiger partial charge is 0.309 e. The van der Waals surface area contributed by atoms with Gasteiger partial charge in [-0.1, -0.05) is 132 Å². The Morgan fingerprint density at radius 2 is 0.794 bits per heavy atom. The Balaban J connectivity index is 1.29. The van der Waals surface area contributed by atoms with Crippen LogP contribution >= 0.6 is 0 Å². The predicted molar refractivity (Wildman–Crippen MR) is 261 cm³/mol. The number of nitriles is 1. The molecule has 11 aromatic rings. The van der Waals surface area contributed by atoms with Crippen molar-refractivity contribution in [2.75, 3.05) is 0 Å². The third-order valence-corrected chi connectivity index (χ3v) is 13.0. The highest BCUT2D eigenvalue weighted by molar-refractivity contribution is 6.13. The molecule has 0 unspecified atom stereocenters. The Kier molecular flexibility index (Phi) is 9.90. The minimum Gasteiger partial charge on any atom is -0.309 e. The van der Waals surface area contributed by atoms with Crippen LogP contribution in [-0.2, 0) is 12.4 Å². The molecule has 330 valence electrons. The van der Waals surface area contributed by atoms with E-state index < -0.39 is 29.0 Å². The zero-order valence-corrected chi connectivity index (χ0v) is 36.5. The average molecular weight is 902 g/mol. The fraction of sp³-hybridized carbons (Fsp3) is 0.0678. The molecular formula is C59H37F6N3. The molecule has 0 amide bonds. The summed E-state index contributed by atoms with van der Waals surface area (Å²) in [4.78, 5) is 0. The van der Waals surface area contributed by atoms with Crippen LogP contribution < -0.4 is 0 Å². The van der Waals surface area contributed by atoms with Crippen molar-refractivity contribution in [2.24, 2.45) is 0 Å². The van der Waals surface area contributed by atoms with Gasteiger partial charge in [0.05, 0.1) is 56.2 Å². The van der Waals surface area contributed by atoms with Gasteiger partial charge in [0, 0.05) is 38.2 Å². The van der Waals surface area contributed by atoms with Gasteiger partial charge in [0.2, 0.25) is 0 Å². The molecule has 0 saturated heterocycles. The maximum absolute atomic E-state index is 15.4. The van der Waals surface area contributed by atoms with E-state index in [-0.39, 0.29) is 27.9 Å². The minimum absolute atomic E-state index is 0.0225. The van der Waals surface area contributed by atoms with Gasteiger partial charge >= 0.3 is 12.4 Å². The van der Waals surface area contributed by atoms with Crippen molar-refractivity contribution in [3.8, 4) is 62.0 Å². The fourth-order valence-electron chi connectivity index (χ4n) is 9.91. The van der Waals surface area contributed by atoms with Gasteiger partial charge in [-0.2, -0.15) is 31.6 Å². The van der Waals surface area contributed by atoms with Crippen LogP contribution in [0.25, 0.3) is 99.5 Å². The lowest BCUT2D eigenvalue weighted by molar-refractivity contribution is -0.142. The Morgan fingerprint density at radius 1 is 0.382 bits per heavy atom. The maximum atomic E-state index is 15.4. The Labute approximate surface area is 387 Å². The van der Waals surface area contributed by atoms with Crippen LogP contribution in [0, 0.1) is 25.2 Å². The summed E-state index contributed by atoms with van der Waals surface area (Å²) in [5, 5.41) is 14.5. The molecule has 0 spiro atoms. The molecule has 0 aliphatic rings. The van der Waals surface area contributed by atoms with Gasteiger partial charge in [-0.25, -0.2) is 0 Å². The van der Waals surface area contributed by atoms with Crippen molar-refractivity contribution in [3.05, 3.63) is 216 Å². The molecule has 0 saturated carbocycles. The predicted octanol–water partition coefficient (Wildman–Crippen LogP) is 17.1. The highest BCUT2D eigenvalue weighted by atomic mass is 19.4. The monoisotopic (exact) mass is 901 g/mol. The Hall–Kier alpha value is -8.35. The SMILES string of the molecule is Cc1ccc(-c2ccc3c(c2)c2ccccc2n3-c2cccc(C#N)c2-c2c(-c3c(C(F)(F)F)cccc3C(F)(F)F)cccc2-n2c3ccccc3c3cc(-c4ccc(C)cc4)ccc32)cc1. The van der Waals surface area contributed by atoms with Crippen molar-refractivity contribution in [1.82, 2.24) is 9.13 Å². The Morgan fingerprint density at radius 3 is 1.26 bits per heavy atom. The lowest BCUT2D eigenvalue weighted by Crippen LogP contribution is -2.15. The molecule has 0 fully saturated rings. The molecule has 0 bridgehead atoms. The molecular weight excluding hydrogens is 865 g/mol. The third kappa shape index (κ3) is 6.91. The van der Waals surface area contributed by atoms with Crippen LogP contribution in [0.1, 0.15) is 27.8 Å². The van der Waals surface area contributed by atoms with E-state index in [0.29, 0.717) is 28.9 Å². The number of aryl methyl sites for hydroxylation is 2. The van der Waals surface area contributed by atoms with Crippen LogP contribution in [0.2, 0.25) is 0 Å². The second-order valence-electron chi connectivity index (χ2n) is 17.1. The van der Waals surface area contributed by atoms with Crippen LogP contribution in [0.5, 0.6) is 0 Å². The number of fused-ring (bicyclic) bond motifs is 6.